The number of carbonyl (C=O) groups is 3. The number of rotatable bonds is 57. The second-order valence-electron chi connectivity index (χ2n) is 20.9. The van der Waals surface area contributed by atoms with E-state index in [4.69, 9.17) is 14.2 Å². The van der Waals surface area contributed by atoms with E-state index in [0.717, 1.165) is 96.3 Å². The molecular formula is C67H118O6. The normalized spacial score (nSPS) is 12.5. The van der Waals surface area contributed by atoms with Crippen LogP contribution in [0.5, 0.6) is 0 Å². The molecule has 0 fully saturated rings. The van der Waals surface area contributed by atoms with Gasteiger partial charge in [-0.15, -0.1) is 0 Å². The van der Waals surface area contributed by atoms with Gasteiger partial charge in [0.2, 0.25) is 0 Å². The zero-order chi connectivity index (χ0) is 52.9. The van der Waals surface area contributed by atoms with Gasteiger partial charge in [0.1, 0.15) is 13.2 Å². The largest absolute Gasteiger partial charge is 0.462 e. The molecule has 73 heavy (non-hydrogen) atoms. The summed E-state index contributed by atoms with van der Waals surface area (Å²) < 4.78 is 16.9. The van der Waals surface area contributed by atoms with E-state index in [1.54, 1.807) is 0 Å². The van der Waals surface area contributed by atoms with Gasteiger partial charge in [-0.25, -0.2) is 0 Å². The van der Waals surface area contributed by atoms with Gasteiger partial charge >= 0.3 is 17.9 Å². The zero-order valence-electron chi connectivity index (χ0n) is 48.4. The number of hydrogen-bond acceptors (Lipinski definition) is 6. The summed E-state index contributed by atoms with van der Waals surface area (Å²) in [6.45, 7) is 6.52. The van der Waals surface area contributed by atoms with Crippen molar-refractivity contribution in [2.45, 2.75) is 322 Å². The van der Waals surface area contributed by atoms with Gasteiger partial charge in [-0.1, -0.05) is 280 Å². The van der Waals surface area contributed by atoms with Crippen LogP contribution in [0.25, 0.3) is 0 Å². The average molecular weight is 1020 g/mol. The Morgan fingerprint density at radius 2 is 0.534 bits per heavy atom. The first kappa shape index (κ1) is 69.8. The molecule has 0 aliphatic rings. The first-order chi connectivity index (χ1) is 36.0. The fraction of sp³-hybridized carbons (Fsp3) is 0.776. The van der Waals surface area contributed by atoms with Gasteiger partial charge in [0, 0.05) is 19.3 Å². The van der Waals surface area contributed by atoms with Crippen molar-refractivity contribution in [3.05, 3.63) is 72.9 Å². The molecule has 0 bridgehead atoms. The highest BCUT2D eigenvalue weighted by Gasteiger charge is 2.19. The zero-order valence-corrected chi connectivity index (χ0v) is 48.4. The number of unbranched alkanes of at least 4 members (excludes halogenated alkanes) is 34. The van der Waals surface area contributed by atoms with Crippen LogP contribution >= 0.6 is 0 Å². The van der Waals surface area contributed by atoms with Crippen molar-refractivity contribution in [2.75, 3.05) is 13.2 Å². The topological polar surface area (TPSA) is 78.9 Å². The van der Waals surface area contributed by atoms with Crippen LogP contribution in [0.1, 0.15) is 316 Å². The van der Waals surface area contributed by atoms with E-state index in [-0.39, 0.29) is 31.1 Å². The van der Waals surface area contributed by atoms with Crippen molar-refractivity contribution >= 4 is 17.9 Å². The maximum Gasteiger partial charge on any atom is 0.306 e. The van der Waals surface area contributed by atoms with Gasteiger partial charge < -0.3 is 14.2 Å². The maximum absolute atomic E-state index is 12.8. The van der Waals surface area contributed by atoms with Crippen molar-refractivity contribution < 1.29 is 28.6 Å². The third kappa shape index (κ3) is 59.6. The van der Waals surface area contributed by atoms with E-state index in [9.17, 15) is 14.4 Å². The summed E-state index contributed by atoms with van der Waals surface area (Å²) >= 11 is 0. The molecule has 0 amide bonds. The highest BCUT2D eigenvalue weighted by Crippen LogP contribution is 2.17. The Kier molecular flexibility index (Phi) is 58.7. The lowest BCUT2D eigenvalue weighted by atomic mass is 10.0. The molecule has 0 rings (SSSR count). The molecule has 0 aromatic heterocycles. The molecule has 1 atom stereocenters. The van der Waals surface area contributed by atoms with Crippen LogP contribution in [0.15, 0.2) is 72.9 Å². The molecule has 0 heterocycles. The number of ether oxygens (including phenoxy) is 3. The number of esters is 3. The molecule has 0 saturated heterocycles. The molecule has 422 valence electrons. The van der Waals surface area contributed by atoms with E-state index in [0.29, 0.717) is 19.3 Å². The third-order valence-corrected chi connectivity index (χ3v) is 13.7. The molecule has 0 spiro atoms. The Bertz CT molecular complexity index is 1360. The van der Waals surface area contributed by atoms with Crippen molar-refractivity contribution in [3.63, 3.8) is 0 Å². The lowest BCUT2D eigenvalue weighted by Crippen LogP contribution is -2.30. The smallest absolute Gasteiger partial charge is 0.306 e. The molecule has 6 heteroatoms. The second kappa shape index (κ2) is 61.4. The standard InChI is InChI=1S/C67H118O6/c1-4-7-10-13-16-19-22-24-25-26-27-28-29-30-31-32-33-34-35-36-37-38-39-40-41-43-45-48-51-54-57-60-66(69)72-63-64(62-71-65(68)59-56-53-50-47-44-21-18-15-12-9-6-3)73-67(70)61-58-55-52-49-46-42-23-20-17-14-11-8-5-2/h7,10,16,19-20,23-25,27-28,30-31,64H,4-6,8-9,11-15,17-18,21-22,26,29,32-63H2,1-3H3/b10-7-,19-16-,23-20-,25-24-,28-27-,31-30-. The first-order valence-electron chi connectivity index (χ1n) is 31.4. The van der Waals surface area contributed by atoms with Crippen molar-refractivity contribution in [3.8, 4) is 0 Å². The molecule has 0 aliphatic heterocycles. The average Bonchev–Trinajstić information content (AvgIpc) is 3.39. The SMILES string of the molecule is CC/C=C\C/C=C\C/C=C\C/C=C\C/C=C\CCCCCCCCCCCCCCCCCC(=O)OCC(COC(=O)CCCCCCCCCCCCC)OC(=O)CCCCCCC/C=C\CCCCCC. The second-order valence-corrected chi connectivity index (χ2v) is 20.9. The third-order valence-electron chi connectivity index (χ3n) is 13.7. The van der Waals surface area contributed by atoms with Crippen LogP contribution in [0.2, 0.25) is 0 Å². The minimum atomic E-state index is -0.775. The highest BCUT2D eigenvalue weighted by molar-refractivity contribution is 5.71. The monoisotopic (exact) mass is 1020 g/mol. The lowest BCUT2D eigenvalue weighted by Gasteiger charge is -2.18. The summed E-state index contributed by atoms with van der Waals surface area (Å²) in [4.78, 5) is 38.1. The summed E-state index contributed by atoms with van der Waals surface area (Å²) in [5.74, 6) is -0.871. The van der Waals surface area contributed by atoms with Crippen molar-refractivity contribution in [1.82, 2.24) is 0 Å². The fourth-order valence-corrected chi connectivity index (χ4v) is 9.00. The van der Waals surface area contributed by atoms with Gasteiger partial charge in [0.15, 0.2) is 6.10 Å². The maximum atomic E-state index is 12.8. The summed E-state index contributed by atoms with van der Waals surface area (Å²) in [5.41, 5.74) is 0. The molecular weight excluding hydrogens is 901 g/mol. The van der Waals surface area contributed by atoms with E-state index in [1.807, 2.05) is 0 Å². The minimum absolute atomic E-state index is 0.0739. The van der Waals surface area contributed by atoms with Crippen molar-refractivity contribution in [1.29, 1.82) is 0 Å². The molecule has 0 radical (unpaired) electrons. The fourth-order valence-electron chi connectivity index (χ4n) is 9.00. The van der Waals surface area contributed by atoms with Crippen LogP contribution in [0.4, 0.5) is 0 Å². The molecule has 0 N–H and O–H groups in total. The van der Waals surface area contributed by atoms with Crippen LogP contribution < -0.4 is 0 Å². The van der Waals surface area contributed by atoms with Crippen LogP contribution in [0.3, 0.4) is 0 Å². The highest BCUT2D eigenvalue weighted by atomic mass is 16.6. The Hall–Kier alpha value is -3.15. The molecule has 0 aliphatic carbocycles. The summed E-state index contributed by atoms with van der Waals surface area (Å²) in [5, 5.41) is 0. The molecule has 0 aromatic carbocycles. The van der Waals surface area contributed by atoms with E-state index in [1.165, 1.54) is 180 Å². The van der Waals surface area contributed by atoms with Gasteiger partial charge in [0.05, 0.1) is 0 Å². The summed E-state index contributed by atoms with van der Waals surface area (Å²) in [7, 11) is 0. The first-order valence-corrected chi connectivity index (χ1v) is 31.4. The van der Waals surface area contributed by atoms with Crippen LogP contribution in [-0.4, -0.2) is 37.2 Å². The molecule has 0 aromatic rings. The van der Waals surface area contributed by atoms with Gasteiger partial charge in [-0.05, 0) is 89.9 Å². The lowest BCUT2D eigenvalue weighted by molar-refractivity contribution is -0.167. The van der Waals surface area contributed by atoms with Gasteiger partial charge in [0.25, 0.3) is 0 Å². The Morgan fingerprint density at radius 1 is 0.288 bits per heavy atom. The van der Waals surface area contributed by atoms with E-state index >= 15 is 0 Å². The van der Waals surface area contributed by atoms with Gasteiger partial charge in [-0.3, -0.25) is 14.4 Å². The Morgan fingerprint density at radius 3 is 0.863 bits per heavy atom. The predicted molar refractivity (Wildman–Crippen MR) is 316 cm³/mol. The minimum Gasteiger partial charge on any atom is -0.462 e. The molecule has 6 nitrogen and oxygen atoms in total. The summed E-state index contributed by atoms with van der Waals surface area (Å²) in [6, 6.07) is 0. The number of carbonyl (C=O) groups excluding carboxylic acids is 3. The summed E-state index contributed by atoms with van der Waals surface area (Å²) in [6.07, 6.45) is 79.2. The number of hydrogen-bond donors (Lipinski definition) is 0. The van der Waals surface area contributed by atoms with Crippen LogP contribution in [0, 0.1) is 0 Å². The Balaban J connectivity index is 4.12. The quantitative estimate of drug-likeness (QED) is 0.0261. The molecule has 1 unspecified atom stereocenters. The van der Waals surface area contributed by atoms with Crippen LogP contribution in [-0.2, 0) is 28.6 Å². The Labute approximate surface area is 453 Å². The van der Waals surface area contributed by atoms with E-state index in [2.05, 4.69) is 93.7 Å². The predicted octanol–water partition coefficient (Wildman–Crippen LogP) is 21.3. The van der Waals surface area contributed by atoms with E-state index < -0.39 is 6.10 Å². The van der Waals surface area contributed by atoms with Crippen molar-refractivity contribution in [2.24, 2.45) is 0 Å². The number of allylic oxidation sites excluding steroid dienone is 12. The molecule has 0 saturated carbocycles. The van der Waals surface area contributed by atoms with Gasteiger partial charge in [-0.2, -0.15) is 0 Å².